The maximum absolute atomic E-state index is 5.52. The molecule has 5 nitrogen and oxygen atoms in total. The van der Waals surface area contributed by atoms with Crippen molar-refractivity contribution >= 4 is 56.1 Å². The van der Waals surface area contributed by atoms with Crippen LogP contribution in [0.25, 0.3) is 89.2 Å². The predicted molar refractivity (Wildman–Crippen MR) is 217 cm³/mol. The number of nitrogens with one attached hydrogen (secondary N) is 1. The molecular formula is C46H33N3O2S. The minimum absolute atomic E-state index is 0.800. The van der Waals surface area contributed by atoms with Crippen molar-refractivity contribution in [2.75, 3.05) is 14.2 Å². The second-order valence-corrected chi connectivity index (χ2v) is 13.7. The highest BCUT2D eigenvalue weighted by atomic mass is 32.1. The number of H-pyrrole nitrogens is 1. The lowest BCUT2D eigenvalue weighted by molar-refractivity contribution is 0.415. The van der Waals surface area contributed by atoms with Gasteiger partial charge in [-0.1, -0.05) is 84.9 Å². The van der Waals surface area contributed by atoms with Gasteiger partial charge in [-0.25, -0.2) is 9.97 Å². The summed E-state index contributed by atoms with van der Waals surface area (Å²) in [6.45, 7) is 0. The minimum Gasteiger partial charge on any atom is -0.497 e. The number of hydrogen-bond acceptors (Lipinski definition) is 5. The lowest BCUT2D eigenvalue weighted by Gasteiger charge is -2.07. The van der Waals surface area contributed by atoms with Crippen LogP contribution in [-0.4, -0.2) is 29.2 Å². The van der Waals surface area contributed by atoms with Gasteiger partial charge in [-0.15, -0.1) is 11.3 Å². The molecule has 7 aromatic rings. The zero-order valence-corrected chi connectivity index (χ0v) is 29.4. The molecule has 0 amide bonds. The number of benzene rings is 4. The van der Waals surface area contributed by atoms with Gasteiger partial charge >= 0.3 is 0 Å². The van der Waals surface area contributed by atoms with Gasteiger partial charge in [0.1, 0.15) is 11.5 Å². The summed E-state index contributed by atoms with van der Waals surface area (Å²) < 4.78 is 13.3. The van der Waals surface area contributed by atoms with Crippen molar-refractivity contribution in [2.45, 2.75) is 0 Å². The van der Waals surface area contributed by atoms with Crippen LogP contribution in [0.4, 0.5) is 0 Å². The van der Waals surface area contributed by atoms with Gasteiger partial charge in [-0.2, -0.15) is 0 Å². The van der Waals surface area contributed by atoms with Crippen LogP contribution >= 0.6 is 11.3 Å². The molecule has 0 saturated heterocycles. The molecule has 5 heterocycles. The zero-order valence-electron chi connectivity index (χ0n) is 28.6. The third-order valence-corrected chi connectivity index (χ3v) is 10.6. The number of ether oxygens (including phenoxy) is 2. The molecule has 2 aliphatic rings. The third-order valence-electron chi connectivity index (χ3n) is 9.51. The summed E-state index contributed by atoms with van der Waals surface area (Å²) in [7, 11) is 3.38. The van der Waals surface area contributed by atoms with E-state index in [4.69, 9.17) is 19.4 Å². The zero-order chi connectivity index (χ0) is 35.0. The van der Waals surface area contributed by atoms with Crippen LogP contribution in [-0.2, 0) is 0 Å². The first kappa shape index (κ1) is 31.5. The van der Waals surface area contributed by atoms with Gasteiger partial charge in [-0.05, 0) is 95.1 Å². The summed E-state index contributed by atoms with van der Waals surface area (Å²) >= 11 is 1.77. The van der Waals surface area contributed by atoms with Crippen molar-refractivity contribution in [2.24, 2.45) is 0 Å². The van der Waals surface area contributed by atoms with Crippen LogP contribution in [0.1, 0.15) is 22.8 Å². The Balaban J connectivity index is 1.45. The molecule has 0 spiro atoms. The van der Waals surface area contributed by atoms with Gasteiger partial charge < -0.3 is 14.5 Å². The number of rotatable bonds is 6. The average Bonchev–Trinajstić information content (AvgIpc) is 4.04. The highest BCUT2D eigenvalue weighted by Crippen LogP contribution is 2.41. The van der Waals surface area contributed by atoms with E-state index in [2.05, 4.69) is 138 Å². The van der Waals surface area contributed by atoms with Gasteiger partial charge in [0.05, 0.1) is 37.0 Å². The van der Waals surface area contributed by atoms with E-state index < -0.39 is 0 Å². The SMILES string of the molecule is COc1ccc(-c2c3nc(c(-c4ccccc4)c4ccc(s4)c(-c4ccccc4)c4nc(c(-c5ccc(OC)cc5)c5ccc2[nH]5)C=C4)C=C3)cc1. The van der Waals surface area contributed by atoms with E-state index in [1.54, 1.807) is 25.6 Å². The number of fused-ring (bicyclic) bond motifs is 8. The van der Waals surface area contributed by atoms with Crippen molar-refractivity contribution in [1.82, 2.24) is 15.0 Å². The highest BCUT2D eigenvalue weighted by Gasteiger charge is 2.19. The van der Waals surface area contributed by atoms with Gasteiger partial charge in [0, 0.05) is 42.7 Å². The molecule has 0 atom stereocenters. The monoisotopic (exact) mass is 691 g/mol. The molecule has 0 unspecified atom stereocenters. The van der Waals surface area contributed by atoms with Crippen LogP contribution < -0.4 is 9.47 Å². The molecule has 1 N–H and O–H groups in total. The molecule has 2 aliphatic heterocycles. The number of methoxy groups -OCH3 is 2. The first-order valence-electron chi connectivity index (χ1n) is 17.1. The summed E-state index contributed by atoms with van der Waals surface area (Å²) in [5.74, 6) is 1.60. The Labute approximate surface area is 305 Å². The number of thiophene rings is 1. The van der Waals surface area contributed by atoms with Crippen molar-refractivity contribution < 1.29 is 9.47 Å². The third kappa shape index (κ3) is 5.69. The van der Waals surface area contributed by atoms with Gasteiger partial charge in [0.25, 0.3) is 0 Å². The summed E-state index contributed by atoms with van der Waals surface area (Å²) in [6, 6.07) is 46.2. The maximum atomic E-state index is 5.52. The molecule has 0 radical (unpaired) electrons. The van der Waals surface area contributed by atoms with E-state index in [1.807, 2.05) is 24.3 Å². The van der Waals surface area contributed by atoms with E-state index in [1.165, 1.54) is 0 Å². The normalized spacial score (nSPS) is 11.9. The van der Waals surface area contributed by atoms with E-state index in [-0.39, 0.29) is 0 Å². The Morgan fingerprint density at radius 1 is 0.404 bits per heavy atom. The minimum atomic E-state index is 0.800. The summed E-state index contributed by atoms with van der Waals surface area (Å²) in [5.41, 5.74) is 14.0. The second-order valence-electron chi connectivity index (χ2n) is 12.6. The van der Waals surface area contributed by atoms with Crippen LogP contribution in [0.15, 0.2) is 133 Å². The Bertz CT molecular complexity index is 2490. The largest absolute Gasteiger partial charge is 0.497 e. The Kier molecular flexibility index (Phi) is 8.07. The molecule has 9 rings (SSSR count). The molecule has 6 heteroatoms. The van der Waals surface area contributed by atoms with Crippen molar-refractivity contribution in [3.63, 3.8) is 0 Å². The molecule has 4 aromatic carbocycles. The van der Waals surface area contributed by atoms with Gasteiger partial charge in [-0.3, -0.25) is 0 Å². The average molecular weight is 692 g/mol. The molecule has 0 fully saturated rings. The lowest BCUT2D eigenvalue weighted by atomic mass is 10.0. The first-order chi connectivity index (χ1) is 25.7. The molecule has 8 bridgehead atoms. The molecular weight excluding hydrogens is 659 g/mol. The van der Waals surface area contributed by atoms with Crippen molar-refractivity contribution in [1.29, 1.82) is 0 Å². The topological polar surface area (TPSA) is 60.0 Å². The molecule has 250 valence electrons. The molecule has 3 aromatic heterocycles. The van der Waals surface area contributed by atoms with E-state index >= 15 is 0 Å². The van der Waals surface area contributed by atoms with Gasteiger partial charge in [0.15, 0.2) is 0 Å². The Hall–Kier alpha value is -6.50. The Morgan fingerprint density at radius 3 is 1.15 bits per heavy atom. The molecule has 52 heavy (non-hydrogen) atoms. The Morgan fingerprint density at radius 2 is 0.769 bits per heavy atom. The number of hydrogen-bond donors (Lipinski definition) is 1. The summed E-state index contributed by atoms with van der Waals surface area (Å²) in [6.07, 6.45) is 8.55. The van der Waals surface area contributed by atoms with Crippen LogP contribution in [0.3, 0.4) is 0 Å². The van der Waals surface area contributed by atoms with Gasteiger partial charge in [0.2, 0.25) is 0 Å². The van der Waals surface area contributed by atoms with E-state index in [0.29, 0.717) is 0 Å². The molecule has 0 aliphatic carbocycles. The summed E-state index contributed by atoms with van der Waals surface area (Å²) in [4.78, 5) is 14.6. The first-order valence-corrected chi connectivity index (χ1v) is 18.0. The fourth-order valence-electron chi connectivity index (χ4n) is 7.02. The maximum Gasteiger partial charge on any atom is 0.118 e. The lowest BCUT2D eigenvalue weighted by Crippen LogP contribution is -1.89. The number of aromatic nitrogens is 3. The highest BCUT2D eigenvalue weighted by molar-refractivity contribution is 7.24. The number of aromatic amines is 1. The van der Waals surface area contributed by atoms with E-state index in [0.717, 1.165) is 99.2 Å². The van der Waals surface area contributed by atoms with Crippen molar-refractivity contribution in [3.8, 4) is 56.0 Å². The smallest absolute Gasteiger partial charge is 0.118 e. The van der Waals surface area contributed by atoms with E-state index in [9.17, 15) is 0 Å². The fraction of sp³-hybridized carbons (Fsp3) is 0.0435. The van der Waals surface area contributed by atoms with Crippen LogP contribution in [0.5, 0.6) is 11.5 Å². The predicted octanol–water partition coefficient (Wildman–Crippen LogP) is 12.1. The van der Waals surface area contributed by atoms with Crippen molar-refractivity contribution in [3.05, 3.63) is 156 Å². The number of nitrogens with zero attached hydrogens (tertiary/aromatic N) is 2. The fourth-order valence-corrected chi connectivity index (χ4v) is 8.17. The van der Waals surface area contributed by atoms with Crippen LogP contribution in [0.2, 0.25) is 0 Å². The summed E-state index contributed by atoms with van der Waals surface area (Å²) in [5, 5.41) is 0. The molecule has 0 saturated carbocycles. The van der Waals surface area contributed by atoms with Crippen LogP contribution in [0, 0.1) is 0 Å². The quantitative estimate of drug-likeness (QED) is 0.189. The second kappa shape index (κ2) is 13.3. The standard InChI is InChI=1S/C46H33N3O2S/c1-50-33-17-13-31(14-18-33)43-35-21-22-36(47-35)44(32-15-19-34(51-2)20-16-32)38-24-26-40(49-38)46(30-11-7-4-8-12-30)42-28-27-41(52-42)45(29-9-5-3-6-10-29)39-25-23-37(43)48-39/h3-28,47H,1-2H3.